The average molecular weight is 365 g/mol. The van der Waals surface area contributed by atoms with Crippen molar-refractivity contribution in [2.45, 2.75) is 83.8 Å². The number of hydrogen-bond acceptors (Lipinski definition) is 4. The number of unbranched alkanes of at least 4 members (excludes halogenated alkanes) is 8. The highest BCUT2D eigenvalue weighted by Crippen LogP contribution is 2.11. The molecular weight excluding hydrogens is 328 g/mol. The van der Waals surface area contributed by atoms with Gasteiger partial charge in [-0.05, 0) is 12.0 Å². The van der Waals surface area contributed by atoms with Crippen molar-refractivity contribution < 1.29 is 19.4 Å². The Balaban J connectivity index is 1.90. The van der Waals surface area contributed by atoms with Crippen LogP contribution in [0.4, 0.5) is 0 Å². The highest BCUT2D eigenvalue weighted by Gasteiger charge is 2.09. The van der Waals surface area contributed by atoms with Crippen LogP contribution in [0.2, 0.25) is 0 Å². The van der Waals surface area contributed by atoms with E-state index in [1.165, 1.54) is 44.9 Å². The fourth-order valence-corrected chi connectivity index (χ4v) is 2.78. The van der Waals surface area contributed by atoms with E-state index >= 15 is 0 Å². The Morgan fingerprint density at radius 2 is 1.54 bits per heavy atom. The molecule has 1 unspecified atom stereocenters. The Labute approximate surface area is 158 Å². The van der Waals surface area contributed by atoms with Crippen LogP contribution in [-0.4, -0.2) is 30.4 Å². The number of esters is 1. The Hall–Kier alpha value is -1.39. The second kappa shape index (κ2) is 15.8. The van der Waals surface area contributed by atoms with Gasteiger partial charge in [0.25, 0.3) is 0 Å². The van der Waals surface area contributed by atoms with Crippen LogP contribution in [0.15, 0.2) is 30.3 Å². The fraction of sp³-hybridized carbons (Fsp3) is 0.682. The third-order valence-electron chi connectivity index (χ3n) is 4.34. The van der Waals surface area contributed by atoms with Crippen molar-refractivity contribution >= 4 is 5.97 Å². The number of ether oxygens (including phenoxy) is 2. The largest absolute Gasteiger partial charge is 0.463 e. The van der Waals surface area contributed by atoms with Crippen molar-refractivity contribution in [3.63, 3.8) is 0 Å². The van der Waals surface area contributed by atoms with Crippen molar-refractivity contribution in [3.8, 4) is 0 Å². The summed E-state index contributed by atoms with van der Waals surface area (Å²) in [6.45, 7) is 2.85. The summed E-state index contributed by atoms with van der Waals surface area (Å²) in [6, 6.07) is 9.79. The predicted octanol–water partition coefficient (Wildman–Crippen LogP) is 5.03. The molecule has 0 saturated carbocycles. The smallest absolute Gasteiger partial charge is 0.305 e. The van der Waals surface area contributed by atoms with Crippen LogP contribution in [0.1, 0.15) is 76.7 Å². The maximum Gasteiger partial charge on any atom is 0.305 e. The maximum atomic E-state index is 11.7. The molecule has 0 saturated heterocycles. The fourth-order valence-electron chi connectivity index (χ4n) is 2.78. The molecule has 1 aromatic rings. The van der Waals surface area contributed by atoms with Gasteiger partial charge >= 0.3 is 5.97 Å². The van der Waals surface area contributed by atoms with E-state index in [2.05, 4.69) is 6.92 Å². The highest BCUT2D eigenvalue weighted by molar-refractivity contribution is 5.69. The Bertz CT molecular complexity index is 447. The number of aliphatic hydroxyl groups excluding tert-OH is 1. The molecule has 1 N–H and O–H groups in total. The zero-order valence-corrected chi connectivity index (χ0v) is 16.3. The molecular formula is C22H36O4. The third kappa shape index (κ3) is 12.9. The summed E-state index contributed by atoms with van der Waals surface area (Å²) in [5.41, 5.74) is 1.06. The molecule has 0 heterocycles. The zero-order chi connectivity index (χ0) is 18.9. The first-order valence-corrected chi connectivity index (χ1v) is 10.2. The van der Waals surface area contributed by atoms with Crippen molar-refractivity contribution in [2.75, 3.05) is 13.2 Å². The van der Waals surface area contributed by atoms with Crippen LogP contribution in [-0.2, 0) is 20.9 Å². The van der Waals surface area contributed by atoms with E-state index in [1.807, 2.05) is 30.3 Å². The Morgan fingerprint density at radius 1 is 0.923 bits per heavy atom. The lowest BCUT2D eigenvalue weighted by molar-refractivity contribution is -0.148. The quantitative estimate of drug-likeness (QED) is 0.330. The van der Waals surface area contributed by atoms with Gasteiger partial charge < -0.3 is 14.6 Å². The lowest BCUT2D eigenvalue weighted by Gasteiger charge is -2.12. The van der Waals surface area contributed by atoms with Crippen LogP contribution >= 0.6 is 0 Å². The van der Waals surface area contributed by atoms with Gasteiger partial charge in [-0.3, -0.25) is 4.79 Å². The van der Waals surface area contributed by atoms with Gasteiger partial charge in [-0.25, -0.2) is 0 Å². The first-order valence-electron chi connectivity index (χ1n) is 10.2. The van der Waals surface area contributed by atoms with Crippen LogP contribution in [0.3, 0.4) is 0 Å². The molecule has 148 valence electrons. The van der Waals surface area contributed by atoms with Crippen LogP contribution in [0, 0.1) is 0 Å². The molecule has 0 amide bonds. The van der Waals surface area contributed by atoms with Gasteiger partial charge in [0.1, 0.15) is 12.7 Å². The molecule has 1 atom stereocenters. The van der Waals surface area contributed by atoms with Gasteiger partial charge in [-0.15, -0.1) is 0 Å². The summed E-state index contributed by atoms with van der Waals surface area (Å²) >= 11 is 0. The number of rotatable bonds is 16. The van der Waals surface area contributed by atoms with E-state index in [-0.39, 0.29) is 19.2 Å². The summed E-state index contributed by atoms with van der Waals surface area (Å²) in [5, 5.41) is 9.80. The molecule has 1 aromatic carbocycles. The van der Waals surface area contributed by atoms with Crippen LogP contribution < -0.4 is 0 Å². The van der Waals surface area contributed by atoms with Gasteiger partial charge in [0.15, 0.2) is 0 Å². The monoisotopic (exact) mass is 364 g/mol. The maximum absolute atomic E-state index is 11.7. The average Bonchev–Trinajstić information content (AvgIpc) is 2.66. The summed E-state index contributed by atoms with van der Waals surface area (Å²) in [4.78, 5) is 11.7. The van der Waals surface area contributed by atoms with E-state index in [9.17, 15) is 9.90 Å². The summed E-state index contributed by atoms with van der Waals surface area (Å²) in [6.07, 6.45) is 10.7. The summed E-state index contributed by atoms with van der Waals surface area (Å²) < 4.78 is 10.5. The lowest BCUT2D eigenvalue weighted by atomic mass is 10.1. The molecule has 0 bridgehead atoms. The standard InChI is InChI=1S/C22H36O4/c1-2-3-4-5-6-7-8-9-13-16-22(24)26-19-21(23)18-25-17-20-14-11-10-12-15-20/h10-12,14-15,21,23H,2-9,13,16-19H2,1H3. The highest BCUT2D eigenvalue weighted by atomic mass is 16.5. The van der Waals surface area contributed by atoms with Gasteiger partial charge in [0.05, 0.1) is 13.2 Å². The Kier molecular flexibility index (Phi) is 13.8. The molecule has 4 nitrogen and oxygen atoms in total. The molecule has 0 aliphatic heterocycles. The number of carbonyl (C=O) groups is 1. The van der Waals surface area contributed by atoms with Crippen molar-refractivity contribution in [1.29, 1.82) is 0 Å². The number of benzene rings is 1. The molecule has 0 radical (unpaired) electrons. The van der Waals surface area contributed by atoms with Gasteiger partial charge in [-0.1, -0.05) is 88.6 Å². The normalized spacial score (nSPS) is 12.1. The van der Waals surface area contributed by atoms with Crippen LogP contribution in [0.25, 0.3) is 0 Å². The molecule has 0 spiro atoms. The third-order valence-corrected chi connectivity index (χ3v) is 4.34. The van der Waals surface area contributed by atoms with E-state index < -0.39 is 6.10 Å². The summed E-state index contributed by atoms with van der Waals surface area (Å²) in [7, 11) is 0. The zero-order valence-electron chi connectivity index (χ0n) is 16.3. The SMILES string of the molecule is CCCCCCCCCCCC(=O)OCC(O)COCc1ccccc1. The number of aliphatic hydroxyl groups is 1. The first kappa shape index (κ1) is 22.7. The van der Waals surface area contributed by atoms with Crippen molar-refractivity contribution in [3.05, 3.63) is 35.9 Å². The topological polar surface area (TPSA) is 55.8 Å². The second-order valence-electron chi connectivity index (χ2n) is 6.92. The number of hydrogen-bond donors (Lipinski definition) is 1. The van der Waals surface area contributed by atoms with Crippen LogP contribution in [0.5, 0.6) is 0 Å². The van der Waals surface area contributed by atoms with E-state index in [4.69, 9.17) is 9.47 Å². The predicted molar refractivity (Wildman–Crippen MR) is 105 cm³/mol. The minimum absolute atomic E-state index is 0.00501. The molecule has 0 aromatic heterocycles. The molecule has 26 heavy (non-hydrogen) atoms. The number of carbonyl (C=O) groups excluding carboxylic acids is 1. The van der Waals surface area contributed by atoms with Crippen molar-refractivity contribution in [1.82, 2.24) is 0 Å². The Morgan fingerprint density at radius 3 is 2.19 bits per heavy atom. The second-order valence-corrected chi connectivity index (χ2v) is 6.92. The van der Waals surface area contributed by atoms with E-state index in [1.54, 1.807) is 0 Å². The lowest BCUT2D eigenvalue weighted by Crippen LogP contribution is -2.23. The van der Waals surface area contributed by atoms with Crippen molar-refractivity contribution in [2.24, 2.45) is 0 Å². The van der Waals surface area contributed by atoms with E-state index in [0.29, 0.717) is 13.0 Å². The minimum atomic E-state index is -0.772. The minimum Gasteiger partial charge on any atom is -0.463 e. The van der Waals surface area contributed by atoms with Gasteiger partial charge in [0.2, 0.25) is 0 Å². The first-order chi connectivity index (χ1) is 12.7. The summed E-state index contributed by atoms with van der Waals surface area (Å²) in [5.74, 6) is -0.227. The molecule has 0 aliphatic rings. The van der Waals surface area contributed by atoms with Gasteiger partial charge in [-0.2, -0.15) is 0 Å². The van der Waals surface area contributed by atoms with Gasteiger partial charge in [0, 0.05) is 6.42 Å². The molecule has 4 heteroatoms. The molecule has 0 fully saturated rings. The van der Waals surface area contributed by atoms with E-state index in [0.717, 1.165) is 18.4 Å². The molecule has 1 rings (SSSR count). The molecule has 0 aliphatic carbocycles.